The quantitative estimate of drug-likeness (QED) is 0.872. The van der Waals surface area contributed by atoms with Gasteiger partial charge in [0, 0.05) is 39.3 Å². The van der Waals surface area contributed by atoms with Gasteiger partial charge in [0.05, 0.1) is 6.10 Å². The van der Waals surface area contributed by atoms with E-state index in [0.717, 1.165) is 18.7 Å². The molecule has 0 saturated carbocycles. The molecule has 6 heteroatoms. The molecule has 116 valence electrons. The molecule has 1 fully saturated rings. The zero-order valence-electron chi connectivity index (χ0n) is 12.3. The summed E-state index contributed by atoms with van der Waals surface area (Å²) >= 11 is 0. The molecular weight excluding hydrogens is 273 g/mol. The summed E-state index contributed by atoms with van der Waals surface area (Å²) in [6.07, 6.45) is -0.344. The van der Waals surface area contributed by atoms with E-state index in [1.807, 2.05) is 0 Å². The van der Waals surface area contributed by atoms with Crippen molar-refractivity contribution in [2.24, 2.45) is 0 Å². The van der Waals surface area contributed by atoms with Crippen LogP contribution in [0.2, 0.25) is 0 Å². The first-order valence-corrected chi connectivity index (χ1v) is 7.22. The topological polar surface area (TPSA) is 55.8 Å². The summed E-state index contributed by atoms with van der Waals surface area (Å²) in [5.41, 5.74) is 0.873. The van der Waals surface area contributed by atoms with E-state index >= 15 is 0 Å². The lowest BCUT2D eigenvalue weighted by atomic mass is 10.2. The third-order valence-electron chi connectivity index (χ3n) is 3.54. The van der Waals surface area contributed by atoms with Crippen molar-refractivity contribution in [2.45, 2.75) is 19.6 Å². The van der Waals surface area contributed by atoms with E-state index < -0.39 is 0 Å². The van der Waals surface area contributed by atoms with Crippen molar-refractivity contribution >= 4 is 6.03 Å². The van der Waals surface area contributed by atoms with E-state index in [4.69, 9.17) is 0 Å². The van der Waals surface area contributed by atoms with Gasteiger partial charge in [0.2, 0.25) is 0 Å². The Morgan fingerprint density at radius 3 is 2.48 bits per heavy atom. The number of nitrogens with zero attached hydrogens (tertiary/aromatic N) is 2. The lowest BCUT2D eigenvalue weighted by molar-refractivity contribution is 0.0897. The van der Waals surface area contributed by atoms with Gasteiger partial charge in [-0.3, -0.25) is 4.90 Å². The summed E-state index contributed by atoms with van der Waals surface area (Å²) in [7, 11) is 0. The Labute approximate surface area is 124 Å². The predicted molar refractivity (Wildman–Crippen MR) is 78.3 cm³/mol. The number of hydrogen-bond donors (Lipinski definition) is 2. The molecule has 1 heterocycles. The first kappa shape index (κ1) is 15.7. The fraction of sp³-hybridized carbons (Fsp3) is 0.533. The Bertz CT molecular complexity index is 456. The zero-order chi connectivity index (χ0) is 15.2. The summed E-state index contributed by atoms with van der Waals surface area (Å²) in [6, 6.07) is 6.00. The second-order valence-electron chi connectivity index (χ2n) is 5.42. The molecule has 1 unspecified atom stereocenters. The number of rotatable bonds is 4. The minimum atomic E-state index is -0.344. The lowest BCUT2D eigenvalue weighted by Gasteiger charge is -2.35. The number of carbonyl (C=O) groups is 1. The molecule has 1 saturated heterocycles. The fourth-order valence-electron chi connectivity index (χ4n) is 2.40. The average molecular weight is 295 g/mol. The number of aliphatic hydroxyl groups excluding tert-OH is 1. The molecule has 5 nitrogen and oxygen atoms in total. The average Bonchev–Trinajstić information content (AvgIpc) is 2.46. The highest BCUT2D eigenvalue weighted by atomic mass is 19.1. The number of β-amino-alcohol motifs (C(OH)–C–C–N with tert-alkyl or cyclic N) is 1. The number of halogens is 1. The van der Waals surface area contributed by atoms with Crippen molar-refractivity contribution in [2.75, 3.05) is 32.7 Å². The molecular formula is C15H22FN3O2. The second kappa shape index (κ2) is 7.38. The SMILES string of the molecule is CC(O)CN1CCN(C(=O)NCc2ccc(F)cc2)CC1. The van der Waals surface area contributed by atoms with Gasteiger partial charge in [0.25, 0.3) is 0 Å². The van der Waals surface area contributed by atoms with E-state index in [1.165, 1.54) is 12.1 Å². The standard InChI is InChI=1S/C15H22FN3O2/c1-12(20)11-18-6-8-19(9-7-18)15(21)17-10-13-2-4-14(16)5-3-13/h2-5,12,20H,6-11H2,1H3,(H,17,21). The summed E-state index contributed by atoms with van der Waals surface area (Å²) < 4.78 is 12.8. The Hall–Kier alpha value is -1.66. The molecule has 1 aromatic carbocycles. The van der Waals surface area contributed by atoms with Gasteiger partial charge in [-0.25, -0.2) is 9.18 Å². The Balaban J connectivity index is 1.73. The number of amides is 2. The number of carbonyl (C=O) groups excluding carboxylic acids is 1. The molecule has 0 bridgehead atoms. The van der Waals surface area contributed by atoms with Gasteiger partial charge in [-0.1, -0.05) is 12.1 Å². The molecule has 1 aliphatic heterocycles. The molecule has 2 amide bonds. The number of aliphatic hydroxyl groups is 1. The van der Waals surface area contributed by atoms with Crippen LogP contribution in [0, 0.1) is 5.82 Å². The smallest absolute Gasteiger partial charge is 0.317 e. The van der Waals surface area contributed by atoms with E-state index in [2.05, 4.69) is 10.2 Å². The monoisotopic (exact) mass is 295 g/mol. The predicted octanol–water partition coefficient (Wildman–Crippen LogP) is 1.03. The van der Waals surface area contributed by atoms with Crippen LogP contribution in [0.25, 0.3) is 0 Å². The van der Waals surface area contributed by atoms with Crippen molar-refractivity contribution < 1.29 is 14.3 Å². The van der Waals surface area contributed by atoms with Crippen LogP contribution in [-0.4, -0.2) is 59.8 Å². The summed E-state index contributed by atoms with van der Waals surface area (Å²) in [4.78, 5) is 16.0. The van der Waals surface area contributed by atoms with Crippen LogP contribution in [0.5, 0.6) is 0 Å². The lowest BCUT2D eigenvalue weighted by Crippen LogP contribution is -2.52. The highest BCUT2D eigenvalue weighted by Crippen LogP contribution is 2.05. The number of urea groups is 1. The van der Waals surface area contributed by atoms with Gasteiger partial charge in [-0.05, 0) is 24.6 Å². The second-order valence-corrected chi connectivity index (χ2v) is 5.42. The minimum absolute atomic E-state index is 0.101. The number of nitrogens with one attached hydrogen (secondary N) is 1. The molecule has 0 radical (unpaired) electrons. The Morgan fingerprint density at radius 1 is 1.29 bits per heavy atom. The summed E-state index contributed by atoms with van der Waals surface area (Å²) in [5.74, 6) is -0.278. The third kappa shape index (κ3) is 4.99. The van der Waals surface area contributed by atoms with Gasteiger partial charge in [-0.15, -0.1) is 0 Å². The molecule has 1 atom stereocenters. The van der Waals surface area contributed by atoms with Crippen molar-refractivity contribution in [1.82, 2.24) is 15.1 Å². The maximum Gasteiger partial charge on any atom is 0.317 e. The van der Waals surface area contributed by atoms with Crippen LogP contribution < -0.4 is 5.32 Å². The maximum absolute atomic E-state index is 12.8. The zero-order valence-corrected chi connectivity index (χ0v) is 12.3. The molecule has 21 heavy (non-hydrogen) atoms. The third-order valence-corrected chi connectivity index (χ3v) is 3.54. The maximum atomic E-state index is 12.8. The van der Waals surface area contributed by atoms with Gasteiger partial charge in [0.15, 0.2) is 0 Å². The van der Waals surface area contributed by atoms with Crippen LogP contribution >= 0.6 is 0 Å². The van der Waals surface area contributed by atoms with Crippen LogP contribution in [0.15, 0.2) is 24.3 Å². The number of benzene rings is 1. The van der Waals surface area contributed by atoms with Crippen LogP contribution in [0.3, 0.4) is 0 Å². The van der Waals surface area contributed by atoms with Crippen LogP contribution in [0.1, 0.15) is 12.5 Å². The first-order chi connectivity index (χ1) is 10.0. The first-order valence-electron chi connectivity index (χ1n) is 7.22. The van der Waals surface area contributed by atoms with Crippen molar-refractivity contribution in [1.29, 1.82) is 0 Å². The summed E-state index contributed by atoms with van der Waals surface area (Å²) in [5, 5.41) is 12.2. The molecule has 2 N–H and O–H groups in total. The molecule has 2 rings (SSSR count). The van der Waals surface area contributed by atoms with E-state index in [9.17, 15) is 14.3 Å². The highest BCUT2D eigenvalue weighted by Gasteiger charge is 2.21. The highest BCUT2D eigenvalue weighted by molar-refractivity contribution is 5.74. The molecule has 0 aliphatic carbocycles. The molecule has 0 aromatic heterocycles. The van der Waals surface area contributed by atoms with Crippen molar-refractivity contribution in [3.05, 3.63) is 35.6 Å². The largest absolute Gasteiger partial charge is 0.392 e. The molecule has 0 spiro atoms. The van der Waals surface area contributed by atoms with Gasteiger partial charge < -0.3 is 15.3 Å². The normalized spacial score (nSPS) is 17.6. The number of hydrogen-bond acceptors (Lipinski definition) is 3. The Morgan fingerprint density at radius 2 is 1.90 bits per heavy atom. The number of piperazine rings is 1. The van der Waals surface area contributed by atoms with Gasteiger partial charge in [0.1, 0.15) is 5.82 Å². The van der Waals surface area contributed by atoms with E-state index in [1.54, 1.807) is 24.0 Å². The van der Waals surface area contributed by atoms with Crippen molar-refractivity contribution in [3.8, 4) is 0 Å². The van der Waals surface area contributed by atoms with E-state index in [0.29, 0.717) is 26.2 Å². The Kier molecular flexibility index (Phi) is 5.52. The van der Waals surface area contributed by atoms with Crippen LogP contribution in [-0.2, 0) is 6.54 Å². The minimum Gasteiger partial charge on any atom is -0.392 e. The fourth-order valence-corrected chi connectivity index (χ4v) is 2.40. The van der Waals surface area contributed by atoms with Gasteiger partial charge in [-0.2, -0.15) is 0 Å². The van der Waals surface area contributed by atoms with E-state index in [-0.39, 0.29) is 18.0 Å². The molecule has 1 aromatic rings. The van der Waals surface area contributed by atoms with Crippen LogP contribution in [0.4, 0.5) is 9.18 Å². The molecule has 1 aliphatic rings. The van der Waals surface area contributed by atoms with Gasteiger partial charge >= 0.3 is 6.03 Å². The summed E-state index contributed by atoms with van der Waals surface area (Å²) in [6.45, 7) is 5.66. The van der Waals surface area contributed by atoms with Crippen molar-refractivity contribution in [3.63, 3.8) is 0 Å².